The predicted octanol–water partition coefficient (Wildman–Crippen LogP) is 0.962. The Bertz CT molecular complexity index is 358. The monoisotopic (exact) mass is 226 g/mol. The van der Waals surface area contributed by atoms with E-state index >= 15 is 0 Å². The number of carbonyl (C=O) groups excluding carboxylic acids is 1. The summed E-state index contributed by atoms with van der Waals surface area (Å²) in [5, 5.41) is 14.4. The highest BCUT2D eigenvalue weighted by Crippen LogP contribution is 2.08. The summed E-state index contributed by atoms with van der Waals surface area (Å²) in [6.45, 7) is 3.79. The highest BCUT2D eigenvalue weighted by atomic mass is 32.1. The minimum Gasteiger partial charge on any atom is -0.392 e. The zero-order chi connectivity index (χ0) is 11.3. The van der Waals surface area contributed by atoms with Crippen LogP contribution in [0.4, 0.5) is 0 Å². The number of carbonyl (C=O) groups is 1. The fraction of sp³-hybridized carbons (Fsp3) is 0.400. The molecule has 5 heteroatoms. The van der Waals surface area contributed by atoms with Crippen molar-refractivity contribution >= 4 is 23.3 Å². The van der Waals surface area contributed by atoms with E-state index in [9.17, 15) is 4.79 Å². The van der Waals surface area contributed by atoms with Crippen LogP contribution in [0.2, 0.25) is 0 Å². The molecule has 0 saturated carbocycles. The van der Waals surface area contributed by atoms with Gasteiger partial charge in [0.1, 0.15) is 0 Å². The van der Waals surface area contributed by atoms with Gasteiger partial charge in [-0.15, -0.1) is 11.3 Å². The quantitative estimate of drug-likeness (QED) is 0.752. The zero-order valence-corrected chi connectivity index (χ0v) is 9.54. The maximum absolute atomic E-state index is 11.2. The fourth-order valence-electron chi connectivity index (χ4n) is 0.925. The Hall–Kier alpha value is -1.20. The van der Waals surface area contributed by atoms with Gasteiger partial charge < -0.3 is 10.4 Å². The van der Waals surface area contributed by atoms with Gasteiger partial charge in [0.25, 0.3) is 0 Å². The summed E-state index contributed by atoms with van der Waals surface area (Å²) in [5.41, 5.74) is 0.782. The molecule has 0 radical (unpaired) electrons. The van der Waals surface area contributed by atoms with E-state index in [-0.39, 0.29) is 12.5 Å². The molecule has 0 saturated heterocycles. The SMILES string of the molecule is Cc1nc(/C=C/C(=O)NC[C@@H](C)O)cs1. The Labute approximate surface area is 92.7 Å². The minimum atomic E-state index is -0.524. The van der Waals surface area contributed by atoms with Gasteiger partial charge in [0.2, 0.25) is 5.91 Å². The summed E-state index contributed by atoms with van der Waals surface area (Å²) in [5.74, 6) is -0.221. The fourth-order valence-corrected chi connectivity index (χ4v) is 1.51. The highest BCUT2D eigenvalue weighted by Gasteiger charge is 1.99. The second kappa shape index (κ2) is 5.63. The molecular formula is C10H14N2O2S. The smallest absolute Gasteiger partial charge is 0.244 e. The Balaban J connectivity index is 2.40. The first kappa shape index (κ1) is 11.9. The number of rotatable bonds is 4. The molecule has 1 atom stereocenters. The Morgan fingerprint density at radius 2 is 2.53 bits per heavy atom. The molecule has 0 bridgehead atoms. The largest absolute Gasteiger partial charge is 0.392 e. The third kappa shape index (κ3) is 4.71. The van der Waals surface area contributed by atoms with Crippen LogP contribution in [0.3, 0.4) is 0 Å². The van der Waals surface area contributed by atoms with Gasteiger partial charge in [-0.1, -0.05) is 0 Å². The van der Waals surface area contributed by atoms with Crippen molar-refractivity contribution in [2.24, 2.45) is 0 Å². The van der Waals surface area contributed by atoms with Crippen LogP contribution < -0.4 is 5.32 Å². The van der Waals surface area contributed by atoms with Gasteiger partial charge in [-0.2, -0.15) is 0 Å². The van der Waals surface area contributed by atoms with Gasteiger partial charge >= 0.3 is 0 Å². The average Bonchev–Trinajstić information content (AvgIpc) is 2.58. The third-order valence-corrected chi connectivity index (χ3v) is 2.41. The summed E-state index contributed by atoms with van der Waals surface area (Å²) in [4.78, 5) is 15.4. The van der Waals surface area contributed by atoms with Crippen molar-refractivity contribution in [3.05, 3.63) is 22.2 Å². The van der Waals surface area contributed by atoms with E-state index < -0.39 is 6.10 Å². The topological polar surface area (TPSA) is 62.2 Å². The van der Waals surface area contributed by atoms with Crippen LogP contribution in [0.25, 0.3) is 6.08 Å². The van der Waals surface area contributed by atoms with Crippen molar-refractivity contribution in [1.29, 1.82) is 0 Å². The molecule has 1 heterocycles. The third-order valence-electron chi connectivity index (χ3n) is 1.61. The molecule has 0 aliphatic heterocycles. The van der Waals surface area contributed by atoms with Crippen molar-refractivity contribution in [3.8, 4) is 0 Å². The number of aryl methyl sites for hydroxylation is 1. The van der Waals surface area contributed by atoms with Gasteiger partial charge in [0.15, 0.2) is 0 Å². The van der Waals surface area contributed by atoms with E-state index in [1.807, 2.05) is 12.3 Å². The van der Waals surface area contributed by atoms with E-state index in [4.69, 9.17) is 5.11 Å². The highest BCUT2D eigenvalue weighted by molar-refractivity contribution is 7.09. The van der Waals surface area contributed by atoms with Crippen molar-refractivity contribution in [2.45, 2.75) is 20.0 Å². The molecule has 4 nitrogen and oxygen atoms in total. The Kier molecular flexibility index (Phi) is 4.45. The normalized spacial score (nSPS) is 13.0. The summed E-state index contributed by atoms with van der Waals surface area (Å²) < 4.78 is 0. The molecular weight excluding hydrogens is 212 g/mol. The number of thiazole rings is 1. The van der Waals surface area contributed by atoms with Crippen LogP contribution in [0.5, 0.6) is 0 Å². The lowest BCUT2D eigenvalue weighted by Crippen LogP contribution is -2.28. The number of aliphatic hydroxyl groups excluding tert-OH is 1. The van der Waals surface area contributed by atoms with Gasteiger partial charge in [-0.3, -0.25) is 4.79 Å². The van der Waals surface area contributed by atoms with E-state index in [1.165, 1.54) is 6.08 Å². The number of aromatic nitrogens is 1. The lowest BCUT2D eigenvalue weighted by atomic mass is 10.3. The van der Waals surface area contributed by atoms with Gasteiger partial charge in [-0.05, 0) is 19.9 Å². The molecule has 0 aliphatic carbocycles. The molecule has 2 N–H and O–H groups in total. The predicted molar refractivity (Wildman–Crippen MR) is 60.6 cm³/mol. The second-order valence-corrected chi connectivity index (χ2v) is 4.28. The first-order chi connectivity index (χ1) is 7.08. The van der Waals surface area contributed by atoms with E-state index in [1.54, 1.807) is 24.3 Å². The van der Waals surface area contributed by atoms with Gasteiger partial charge in [0, 0.05) is 18.0 Å². The van der Waals surface area contributed by atoms with Crippen LogP contribution in [0.15, 0.2) is 11.5 Å². The van der Waals surface area contributed by atoms with Crippen molar-refractivity contribution in [3.63, 3.8) is 0 Å². The van der Waals surface area contributed by atoms with Crippen molar-refractivity contribution in [2.75, 3.05) is 6.54 Å². The Morgan fingerprint density at radius 3 is 3.07 bits per heavy atom. The zero-order valence-electron chi connectivity index (χ0n) is 8.73. The molecule has 0 unspecified atom stereocenters. The minimum absolute atomic E-state index is 0.221. The van der Waals surface area contributed by atoms with Crippen LogP contribution in [-0.4, -0.2) is 28.6 Å². The number of aliphatic hydroxyl groups is 1. The van der Waals surface area contributed by atoms with E-state index in [2.05, 4.69) is 10.3 Å². The molecule has 1 amide bonds. The maximum atomic E-state index is 11.2. The molecule has 1 rings (SSSR count). The molecule has 0 aliphatic rings. The molecule has 15 heavy (non-hydrogen) atoms. The molecule has 1 aromatic heterocycles. The average molecular weight is 226 g/mol. The second-order valence-electron chi connectivity index (χ2n) is 3.22. The van der Waals surface area contributed by atoms with E-state index in [0.717, 1.165) is 10.7 Å². The molecule has 0 fully saturated rings. The maximum Gasteiger partial charge on any atom is 0.244 e. The lowest BCUT2D eigenvalue weighted by molar-refractivity contribution is -0.116. The Morgan fingerprint density at radius 1 is 1.80 bits per heavy atom. The van der Waals surface area contributed by atoms with Crippen molar-refractivity contribution in [1.82, 2.24) is 10.3 Å². The van der Waals surface area contributed by atoms with Crippen LogP contribution >= 0.6 is 11.3 Å². The lowest BCUT2D eigenvalue weighted by Gasteiger charge is -2.03. The van der Waals surface area contributed by atoms with Crippen LogP contribution in [0.1, 0.15) is 17.6 Å². The van der Waals surface area contributed by atoms with Gasteiger partial charge in [0.05, 0.1) is 16.8 Å². The molecule has 1 aromatic rings. The van der Waals surface area contributed by atoms with Gasteiger partial charge in [-0.25, -0.2) is 4.98 Å². The van der Waals surface area contributed by atoms with E-state index in [0.29, 0.717) is 0 Å². The number of hydrogen-bond donors (Lipinski definition) is 2. The summed E-state index contributed by atoms with van der Waals surface area (Å²) in [7, 11) is 0. The summed E-state index contributed by atoms with van der Waals surface area (Å²) in [6, 6.07) is 0. The molecule has 0 spiro atoms. The number of amides is 1. The van der Waals surface area contributed by atoms with Crippen LogP contribution in [0, 0.1) is 6.92 Å². The number of nitrogens with zero attached hydrogens (tertiary/aromatic N) is 1. The summed E-state index contributed by atoms with van der Waals surface area (Å²) >= 11 is 1.54. The standard InChI is InChI=1S/C10H14N2O2S/c1-7(13)5-11-10(14)4-3-9-6-15-8(2)12-9/h3-4,6-7,13H,5H2,1-2H3,(H,11,14)/b4-3+/t7-/m1/s1. The first-order valence-electron chi connectivity index (χ1n) is 4.64. The summed E-state index contributed by atoms with van der Waals surface area (Å²) in [6.07, 6.45) is 2.54. The number of nitrogens with one attached hydrogen (secondary N) is 1. The van der Waals surface area contributed by atoms with Crippen molar-refractivity contribution < 1.29 is 9.90 Å². The van der Waals surface area contributed by atoms with Crippen LogP contribution in [-0.2, 0) is 4.79 Å². The molecule has 82 valence electrons. The number of hydrogen-bond acceptors (Lipinski definition) is 4. The first-order valence-corrected chi connectivity index (χ1v) is 5.52. The molecule has 0 aromatic carbocycles.